The molecular formula is C6H5ClN4. The van der Waals surface area contributed by atoms with E-state index in [1.807, 2.05) is 0 Å². The number of rotatable bonds is 1. The number of aryl methyl sites for hydroxylation is 1. The van der Waals surface area contributed by atoms with Crippen LogP contribution in [-0.4, -0.2) is 4.98 Å². The van der Waals surface area contributed by atoms with Crippen LogP contribution in [0.4, 0.5) is 5.69 Å². The van der Waals surface area contributed by atoms with Crippen LogP contribution in [0.2, 0.25) is 5.15 Å². The van der Waals surface area contributed by atoms with Crippen molar-refractivity contribution in [3.05, 3.63) is 33.4 Å². The van der Waals surface area contributed by atoms with Gasteiger partial charge in [0.15, 0.2) is 0 Å². The summed E-state index contributed by atoms with van der Waals surface area (Å²) in [6.45, 7) is 1.80. The van der Waals surface area contributed by atoms with E-state index in [-0.39, 0.29) is 5.15 Å². The first-order valence-corrected chi connectivity index (χ1v) is 3.29. The fraction of sp³-hybridized carbons (Fsp3) is 0.167. The van der Waals surface area contributed by atoms with Crippen molar-refractivity contribution < 1.29 is 0 Å². The smallest absolute Gasteiger partial charge is 0.138 e. The Balaban J connectivity index is 3.31. The monoisotopic (exact) mass is 168 g/mol. The predicted octanol–water partition coefficient (Wildman–Crippen LogP) is 2.99. The third-order valence-corrected chi connectivity index (χ3v) is 1.50. The molecule has 0 atom stereocenters. The summed E-state index contributed by atoms with van der Waals surface area (Å²) in [6, 6.07) is 1.73. The summed E-state index contributed by atoms with van der Waals surface area (Å²) in [5.41, 5.74) is 9.36. The van der Waals surface area contributed by atoms with Gasteiger partial charge >= 0.3 is 0 Å². The zero-order chi connectivity index (χ0) is 8.27. The first-order valence-electron chi connectivity index (χ1n) is 2.92. The van der Waals surface area contributed by atoms with Crippen molar-refractivity contribution in [2.75, 3.05) is 0 Å². The van der Waals surface area contributed by atoms with E-state index in [1.54, 1.807) is 19.2 Å². The van der Waals surface area contributed by atoms with Crippen molar-refractivity contribution in [3.63, 3.8) is 0 Å². The summed E-state index contributed by atoms with van der Waals surface area (Å²) >= 11 is 5.63. The molecule has 11 heavy (non-hydrogen) atoms. The molecule has 1 heterocycles. The molecule has 0 amide bonds. The van der Waals surface area contributed by atoms with Crippen molar-refractivity contribution in [2.45, 2.75) is 6.92 Å². The number of azide groups is 1. The summed E-state index contributed by atoms with van der Waals surface area (Å²) in [5.74, 6) is 0. The molecule has 0 aliphatic carbocycles. The molecule has 0 aromatic carbocycles. The highest BCUT2D eigenvalue weighted by Gasteiger charge is 2.00. The molecule has 5 heteroatoms. The minimum absolute atomic E-state index is 0.239. The van der Waals surface area contributed by atoms with Crippen LogP contribution in [0, 0.1) is 6.92 Å². The number of halogens is 1. The van der Waals surface area contributed by atoms with Crippen LogP contribution in [0.25, 0.3) is 10.4 Å². The Morgan fingerprint density at radius 2 is 2.45 bits per heavy atom. The van der Waals surface area contributed by atoms with E-state index in [0.717, 1.165) is 5.56 Å². The molecule has 0 bridgehead atoms. The Hall–Kier alpha value is -1.25. The fourth-order valence-electron chi connectivity index (χ4n) is 0.682. The minimum Gasteiger partial charge on any atom is -0.244 e. The molecule has 1 aromatic heterocycles. The summed E-state index contributed by atoms with van der Waals surface area (Å²) in [7, 11) is 0. The summed E-state index contributed by atoms with van der Waals surface area (Å²) < 4.78 is 0. The second-order valence-electron chi connectivity index (χ2n) is 1.96. The van der Waals surface area contributed by atoms with Crippen LogP contribution < -0.4 is 0 Å². The van der Waals surface area contributed by atoms with Crippen LogP contribution in [-0.2, 0) is 0 Å². The van der Waals surface area contributed by atoms with Gasteiger partial charge in [-0.15, -0.1) is 0 Å². The molecule has 1 rings (SSSR count). The second-order valence-corrected chi connectivity index (χ2v) is 2.31. The molecule has 0 N–H and O–H groups in total. The maximum atomic E-state index is 8.14. The third-order valence-electron chi connectivity index (χ3n) is 1.23. The second kappa shape index (κ2) is 3.23. The summed E-state index contributed by atoms with van der Waals surface area (Å²) in [6.07, 6.45) is 1.56. The molecule has 0 saturated heterocycles. The van der Waals surface area contributed by atoms with Gasteiger partial charge in [0.1, 0.15) is 5.15 Å². The maximum Gasteiger partial charge on any atom is 0.138 e. The summed E-state index contributed by atoms with van der Waals surface area (Å²) in [4.78, 5) is 6.39. The lowest BCUT2D eigenvalue weighted by Crippen LogP contribution is -1.78. The standard InChI is InChI=1S/C6H5ClN4/c1-4-2-3-9-6(7)5(4)10-11-8/h2-3H,1H3. The van der Waals surface area contributed by atoms with E-state index in [1.165, 1.54) is 0 Å². The van der Waals surface area contributed by atoms with Crippen LogP contribution in [0.15, 0.2) is 17.4 Å². The topological polar surface area (TPSA) is 61.7 Å². The lowest BCUT2D eigenvalue weighted by molar-refractivity contribution is 1.25. The molecule has 0 saturated carbocycles. The lowest BCUT2D eigenvalue weighted by Gasteiger charge is -1.97. The van der Waals surface area contributed by atoms with Crippen molar-refractivity contribution in [1.82, 2.24) is 4.98 Å². The van der Waals surface area contributed by atoms with Crippen molar-refractivity contribution in [2.24, 2.45) is 5.11 Å². The van der Waals surface area contributed by atoms with E-state index >= 15 is 0 Å². The first-order chi connectivity index (χ1) is 5.25. The Morgan fingerprint density at radius 1 is 1.73 bits per heavy atom. The van der Waals surface area contributed by atoms with Gasteiger partial charge in [-0.25, -0.2) is 4.98 Å². The molecule has 0 unspecified atom stereocenters. The predicted molar refractivity (Wildman–Crippen MR) is 42.8 cm³/mol. The highest BCUT2D eigenvalue weighted by Crippen LogP contribution is 2.25. The van der Waals surface area contributed by atoms with Crippen LogP contribution in [0.3, 0.4) is 0 Å². The Bertz CT molecular complexity index is 296. The fourth-order valence-corrected chi connectivity index (χ4v) is 0.925. The zero-order valence-corrected chi connectivity index (χ0v) is 6.58. The SMILES string of the molecule is Cc1ccnc(Cl)c1N=[N+]=[N-]. The Morgan fingerprint density at radius 3 is 3.00 bits per heavy atom. The van der Waals surface area contributed by atoms with Crippen molar-refractivity contribution >= 4 is 17.3 Å². The third kappa shape index (κ3) is 1.61. The van der Waals surface area contributed by atoms with E-state index in [0.29, 0.717) is 5.69 Å². The average Bonchev–Trinajstić information content (AvgIpc) is 1.97. The minimum atomic E-state index is 0.239. The van der Waals surface area contributed by atoms with Gasteiger partial charge in [-0.3, -0.25) is 0 Å². The molecule has 0 spiro atoms. The number of nitrogens with zero attached hydrogens (tertiary/aromatic N) is 4. The van der Waals surface area contributed by atoms with E-state index in [2.05, 4.69) is 15.0 Å². The number of pyridine rings is 1. The average molecular weight is 169 g/mol. The summed E-state index contributed by atoms with van der Waals surface area (Å²) in [5, 5.41) is 3.63. The Kier molecular flexibility index (Phi) is 2.31. The van der Waals surface area contributed by atoms with Gasteiger partial charge in [-0.05, 0) is 24.1 Å². The van der Waals surface area contributed by atoms with Gasteiger partial charge in [0.25, 0.3) is 0 Å². The van der Waals surface area contributed by atoms with Crippen LogP contribution in [0.1, 0.15) is 5.56 Å². The van der Waals surface area contributed by atoms with E-state index in [4.69, 9.17) is 17.1 Å². The van der Waals surface area contributed by atoms with Gasteiger partial charge < -0.3 is 0 Å². The van der Waals surface area contributed by atoms with Crippen molar-refractivity contribution in [1.29, 1.82) is 0 Å². The van der Waals surface area contributed by atoms with Crippen LogP contribution >= 0.6 is 11.6 Å². The number of hydrogen-bond acceptors (Lipinski definition) is 2. The van der Waals surface area contributed by atoms with Gasteiger partial charge in [0, 0.05) is 11.1 Å². The van der Waals surface area contributed by atoms with E-state index in [9.17, 15) is 0 Å². The lowest BCUT2D eigenvalue weighted by atomic mass is 10.3. The van der Waals surface area contributed by atoms with E-state index < -0.39 is 0 Å². The maximum absolute atomic E-state index is 8.14. The quantitative estimate of drug-likeness (QED) is 0.275. The zero-order valence-electron chi connectivity index (χ0n) is 5.82. The Labute approximate surface area is 68.5 Å². The molecule has 56 valence electrons. The van der Waals surface area contributed by atoms with Crippen molar-refractivity contribution in [3.8, 4) is 0 Å². The van der Waals surface area contributed by atoms with Gasteiger partial charge in [0.2, 0.25) is 0 Å². The molecule has 0 radical (unpaired) electrons. The normalized spacial score (nSPS) is 8.91. The van der Waals surface area contributed by atoms with Gasteiger partial charge in [0.05, 0.1) is 5.69 Å². The molecule has 0 aliphatic rings. The molecule has 0 aliphatic heterocycles. The highest BCUT2D eigenvalue weighted by atomic mass is 35.5. The largest absolute Gasteiger partial charge is 0.244 e. The molecule has 1 aromatic rings. The van der Waals surface area contributed by atoms with Gasteiger partial charge in [-0.2, -0.15) is 0 Å². The molecule has 0 fully saturated rings. The van der Waals surface area contributed by atoms with Crippen LogP contribution in [0.5, 0.6) is 0 Å². The number of hydrogen-bond donors (Lipinski definition) is 0. The molecule has 4 nitrogen and oxygen atoms in total. The van der Waals surface area contributed by atoms with Gasteiger partial charge in [-0.1, -0.05) is 16.7 Å². The molecular weight excluding hydrogens is 164 g/mol. The highest BCUT2D eigenvalue weighted by molar-refractivity contribution is 6.31. The first kappa shape index (κ1) is 7.85. The number of aromatic nitrogens is 1.